The average Bonchev–Trinajstić information content (AvgIpc) is 2.23. The number of aromatic nitrogens is 2. The van der Waals surface area contributed by atoms with Crippen molar-refractivity contribution in [3.63, 3.8) is 0 Å². The molecule has 0 radical (unpaired) electrons. The van der Waals surface area contributed by atoms with E-state index >= 15 is 0 Å². The van der Waals surface area contributed by atoms with Gasteiger partial charge in [-0.2, -0.15) is 5.10 Å². The zero-order chi connectivity index (χ0) is 11.4. The van der Waals surface area contributed by atoms with E-state index < -0.39 is 0 Å². The molecule has 0 bridgehead atoms. The number of carbonyl (C=O) groups is 1. The van der Waals surface area contributed by atoms with Gasteiger partial charge in [0.15, 0.2) is 0 Å². The molecule has 5 heteroatoms. The molecule has 0 aliphatic heterocycles. The summed E-state index contributed by atoms with van der Waals surface area (Å²) in [6, 6.07) is 2.81. The highest BCUT2D eigenvalue weighted by Gasteiger charge is 2.14. The van der Waals surface area contributed by atoms with Gasteiger partial charge in [0, 0.05) is 26.2 Å². The number of hydrogen-bond donors (Lipinski definition) is 0. The lowest BCUT2D eigenvalue weighted by Crippen LogP contribution is -2.33. The summed E-state index contributed by atoms with van der Waals surface area (Å²) in [5.74, 6) is -0.143. The minimum atomic E-state index is -0.217. The maximum atomic E-state index is 11.8. The summed E-state index contributed by atoms with van der Waals surface area (Å²) in [7, 11) is 1.53. The van der Waals surface area contributed by atoms with Gasteiger partial charge in [-0.05, 0) is 19.9 Å². The van der Waals surface area contributed by atoms with Crippen molar-refractivity contribution in [2.75, 3.05) is 13.1 Å². The van der Waals surface area contributed by atoms with E-state index in [0.29, 0.717) is 18.8 Å². The van der Waals surface area contributed by atoms with Gasteiger partial charge < -0.3 is 4.90 Å². The Kier molecular flexibility index (Phi) is 3.60. The smallest absolute Gasteiger partial charge is 0.274 e. The molecule has 0 saturated carbocycles. The first-order valence-corrected chi connectivity index (χ1v) is 4.93. The van der Waals surface area contributed by atoms with Crippen LogP contribution in [0.2, 0.25) is 0 Å². The molecule has 1 aromatic heterocycles. The zero-order valence-corrected chi connectivity index (χ0v) is 9.23. The van der Waals surface area contributed by atoms with E-state index in [1.807, 2.05) is 13.8 Å². The van der Waals surface area contributed by atoms with Crippen LogP contribution >= 0.6 is 0 Å². The largest absolute Gasteiger partial charge is 0.338 e. The predicted octanol–water partition coefficient (Wildman–Crippen LogP) is 0.262. The quantitative estimate of drug-likeness (QED) is 0.717. The standard InChI is InChI=1S/C10H15N3O2/c1-4-13(5-2)10(15)8-6-7-9(14)12(3)11-8/h6-7H,4-5H2,1-3H3. The molecule has 15 heavy (non-hydrogen) atoms. The van der Waals surface area contributed by atoms with E-state index in [1.165, 1.54) is 19.2 Å². The summed E-state index contributed by atoms with van der Waals surface area (Å²) in [4.78, 5) is 24.6. The molecule has 82 valence electrons. The molecule has 0 atom stereocenters. The fourth-order valence-corrected chi connectivity index (χ4v) is 1.29. The van der Waals surface area contributed by atoms with Crippen LogP contribution in [0.1, 0.15) is 24.3 Å². The number of carbonyl (C=O) groups excluding carboxylic acids is 1. The fourth-order valence-electron chi connectivity index (χ4n) is 1.29. The third-order valence-corrected chi connectivity index (χ3v) is 2.23. The van der Waals surface area contributed by atoms with Gasteiger partial charge in [0.25, 0.3) is 11.5 Å². The molecule has 0 N–H and O–H groups in total. The van der Waals surface area contributed by atoms with Crippen LogP contribution in [0.5, 0.6) is 0 Å². The Morgan fingerprint density at radius 3 is 2.47 bits per heavy atom. The second-order valence-electron chi connectivity index (χ2n) is 3.16. The second-order valence-corrected chi connectivity index (χ2v) is 3.16. The van der Waals surface area contributed by atoms with Gasteiger partial charge in [-0.3, -0.25) is 9.59 Å². The summed E-state index contributed by atoms with van der Waals surface area (Å²) >= 11 is 0. The Balaban J connectivity index is 3.01. The number of amides is 1. The van der Waals surface area contributed by atoms with E-state index in [-0.39, 0.29) is 11.5 Å². The van der Waals surface area contributed by atoms with E-state index in [1.54, 1.807) is 4.90 Å². The minimum Gasteiger partial charge on any atom is -0.338 e. The van der Waals surface area contributed by atoms with Crippen LogP contribution in [0.4, 0.5) is 0 Å². The van der Waals surface area contributed by atoms with Gasteiger partial charge in [0.1, 0.15) is 5.69 Å². The van der Waals surface area contributed by atoms with E-state index in [2.05, 4.69) is 5.10 Å². The molecule has 0 aromatic carbocycles. The van der Waals surface area contributed by atoms with Crippen LogP contribution in [-0.4, -0.2) is 33.7 Å². The van der Waals surface area contributed by atoms with Gasteiger partial charge >= 0.3 is 0 Å². The van der Waals surface area contributed by atoms with Crippen molar-refractivity contribution in [2.24, 2.45) is 7.05 Å². The van der Waals surface area contributed by atoms with E-state index in [4.69, 9.17) is 0 Å². The molecular weight excluding hydrogens is 194 g/mol. The minimum absolute atomic E-state index is 0.143. The van der Waals surface area contributed by atoms with E-state index in [0.717, 1.165) is 4.68 Å². The lowest BCUT2D eigenvalue weighted by atomic mass is 10.3. The summed E-state index contributed by atoms with van der Waals surface area (Å²) in [6.45, 7) is 5.09. The van der Waals surface area contributed by atoms with Crippen LogP contribution in [-0.2, 0) is 7.05 Å². The maximum Gasteiger partial charge on any atom is 0.274 e. The molecule has 5 nitrogen and oxygen atoms in total. The van der Waals surface area contributed by atoms with E-state index in [9.17, 15) is 9.59 Å². The molecule has 0 aliphatic carbocycles. The summed E-state index contributed by atoms with van der Waals surface area (Å²) in [5, 5.41) is 3.90. The van der Waals surface area contributed by atoms with Crippen LogP contribution in [0.15, 0.2) is 16.9 Å². The zero-order valence-electron chi connectivity index (χ0n) is 9.23. The van der Waals surface area contributed by atoms with Crippen molar-refractivity contribution in [2.45, 2.75) is 13.8 Å². The molecule has 1 aromatic rings. The van der Waals surface area contributed by atoms with Crippen molar-refractivity contribution < 1.29 is 4.79 Å². The SMILES string of the molecule is CCN(CC)C(=O)c1ccc(=O)n(C)n1. The van der Waals surface area contributed by atoms with Crippen molar-refractivity contribution in [3.05, 3.63) is 28.2 Å². The first-order valence-electron chi connectivity index (χ1n) is 4.93. The third kappa shape index (κ3) is 2.43. The molecule has 1 amide bonds. The molecule has 0 saturated heterocycles. The van der Waals surface area contributed by atoms with Crippen molar-refractivity contribution in [1.29, 1.82) is 0 Å². The number of rotatable bonds is 3. The Morgan fingerprint density at radius 2 is 2.00 bits per heavy atom. The normalized spacial score (nSPS) is 10.1. The molecule has 1 rings (SSSR count). The van der Waals surface area contributed by atoms with Crippen LogP contribution in [0.3, 0.4) is 0 Å². The van der Waals surface area contributed by atoms with Crippen LogP contribution in [0, 0.1) is 0 Å². The Morgan fingerprint density at radius 1 is 1.40 bits per heavy atom. The van der Waals surface area contributed by atoms with Gasteiger partial charge in [-0.15, -0.1) is 0 Å². The number of nitrogens with zero attached hydrogens (tertiary/aromatic N) is 3. The fraction of sp³-hybridized carbons (Fsp3) is 0.500. The van der Waals surface area contributed by atoms with Crippen LogP contribution < -0.4 is 5.56 Å². The second kappa shape index (κ2) is 4.72. The van der Waals surface area contributed by atoms with Crippen molar-refractivity contribution in [1.82, 2.24) is 14.7 Å². The summed E-state index contributed by atoms with van der Waals surface area (Å²) in [6.07, 6.45) is 0. The highest BCUT2D eigenvalue weighted by atomic mass is 16.2. The summed E-state index contributed by atoms with van der Waals surface area (Å²) < 4.78 is 1.16. The molecule has 1 heterocycles. The Labute approximate surface area is 88.3 Å². The molecule has 0 fully saturated rings. The first-order chi connectivity index (χ1) is 7.10. The maximum absolute atomic E-state index is 11.8. The number of hydrogen-bond acceptors (Lipinski definition) is 3. The Bertz CT molecular complexity index is 407. The van der Waals surface area contributed by atoms with Crippen molar-refractivity contribution >= 4 is 5.91 Å². The lowest BCUT2D eigenvalue weighted by Gasteiger charge is -2.17. The van der Waals surface area contributed by atoms with Gasteiger partial charge in [0.05, 0.1) is 0 Å². The Hall–Kier alpha value is -1.65. The summed E-state index contributed by atoms with van der Waals surface area (Å²) in [5.41, 5.74) is 0.0897. The molecule has 0 aliphatic rings. The topological polar surface area (TPSA) is 55.2 Å². The van der Waals surface area contributed by atoms with Crippen molar-refractivity contribution in [3.8, 4) is 0 Å². The molecular formula is C10H15N3O2. The molecule has 0 unspecified atom stereocenters. The highest BCUT2D eigenvalue weighted by Crippen LogP contribution is 1.98. The van der Waals surface area contributed by atoms with Gasteiger partial charge in [-0.25, -0.2) is 4.68 Å². The number of aryl methyl sites for hydroxylation is 1. The first kappa shape index (κ1) is 11.4. The predicted molar refractivity (Wildman–Crippen MR) is 56.7 cm³/mol. The third-order valence-electron chi connectivity index (χ3n) is 2.23. The monoisotopic (exact) mass is 209 g/mol. The lowest BCUT2D eigenvalue weighted by molar-refractivity contribution is 0.0764. The average molecular weight is 209 g/mol. The highest BCUT2D eigenvalue weighted by molar-refractivity contribution is 5.92. The molecule has 0 spiro atoms. The van der Waals surface area contributed by atoms with Gasteiger partial charge in [-0.1, -0.05) is 0 Å². The van der Waals surface area contributed by atoms with Gasteiger partial charge in [0.2, 0.25) is 0 Å². The van der Waals surface area contributed by atoms with Crippen LogP contribution in [0.25, 0.3) is 0 Å².